The van der Waals surface area contributed by atoms with Gasteiger partial charge in [0, 0.05) is 28.5 Å². The lowest BCUT2D eigenvalue weighted by Crippen LogP contribution is -2.52. The van der Waals surface area contributed by atoms with Crippen LogP contribution in [0.3, 0.4) is 0 Å². The van der Waals surface area contributed by atoms with E-state index in [0.29, 0.717) is 6.42 Å². The molecule has 0 atom stereocenters. The zero-order valence-electron chi connectivity index (χ0n) is 13.5. The van der Waals surface area contributed by atoms with Crippen LogP contribution in [0.5, 0.6) is 0 Å². The summed E-state index contributed by atoms with van der Waals surface area (Å²) in [5.41, 5.74) is -1.75. The fraction of sp³-hybridized carbons (Fsp3) is 0.688. The molecule has 0 radical (unpaired) electrons. The van der Waals surface area contributed by atoms with E-state index in [0.717, 1.165) is 0 Å². The van der Waals surface area contributed by atoms with Crippen LogP contribution in [-0.4, -0.2) is 28.0 Å². The van der Waals surface area contributed by atoms with Crippen LogP contribution in [0.15, 0.2) is 12.2 Å². The molecule has 4 nitrogen and oxygen atoms in total. The van der Waals surface area contributed by atoms with Gasteiger partial charge in [0.15, 0.2) is 0 Å². The third kappa shape index (κ3) is 3.17. The summed E-state index contributed by atoms with van der Waals surface area (Å²) in [5, 5.41) is 0. The van der Waals surface area contributed by atoms with E-state index >= 15 is 0 Å². The van der Waals surface area contributed by atoms with Crippen molar-refractivity contribution in [2.75, 3.05) is 0 Å². The minimum atomic E-state index is -0.692. The van der Waals surface area contributed by atoms with Gasteiger partial charge in [-0.1, -0.05) is 34.6 Å². The lowest BCUT2D eigenvalue weighted by atomic mass is 9.69. The highest BCUT2D eigenvalue weighted by Gasteiger charge is 2.45. The summed E-state index contributed by atoms with van der Waals surface area (Å²) in [6.45, 7) is 13.1. The number of carbonyl (C=O) groups excluding carboxylic acids is 3. The van der Waals surface area contributed by atoms with E-state index in [2.05, 4.69) is 0 Å². The quantitative estimate of drug-likeness (QED) is 0.743. The average Bonchev–Trinajstić information content (AvgIpc) is 2.54. The Bertz CT molecular complexity index is 460. The molecule has 0 bridgehead atoms. The minimum absolute atomic E-state index is 0.130. The van der Waals surface area contributed by atoms with E-state index in [1.165, 1.54) is 17.1 Å². The lowest BCUT2D eigenvalue weighted by molar-refractivity contribution is -0.147. The first kappa shape index (κ1) is 16.6. The van der Waals surface area contributed by atoms with E-state index in [1.54, 1.807) is 0 Å². The number of hydrogen-bond acceptors (Lipinski definition) is 3. The van der Waals surface area contributed by atoms with Crippen molar-refractivity contribution in [2.24, 2.45) is 10.8 Å². The van der Waals surface area contributed by atoms with Gasteiger partial charge in [-0.2, -0.15) is 0 Å². The van der Waals surface area contributed by atoms with Crippen LogP contribution in [0.1, 0.15) is 54.9 Å². The number of nitrogens with zero attached hydrogens (tertiary/aromatic N) is 1. The highest BCUT2D eigenvalue weighted by atomic mass is 16.2. The molecule has 0 saturated heterocycles. The molecule has 0 saturated carbocycles. The van der Waals surface area contributed by atoms with Crippen molar-refractivity contribution in [3.05, 3.63) is 12.2 Å². The predicted molar refractivity (Wildman–Crippen MR) is 77.9 cm³/mol. The Hall–Kier alpha value is -1.45. The second-order valence-corrected chi connectivity index (χ2v) is 7.80. The molecule has 1 rings (SSSR count). The lowest BCUT2D eigenvalue weighted by Gasteiger charge is -2.41. The van der Waals surface area contributed by atoms with Crippen molar-refractivity contribution in [2.45, 2.75) is 60.4 Å². The topological polar surface area (TPSA) is 54.5 Å². The molecule has 0 fully saturated rings. The number of amides is 2. The first-order valence-electron chi connectivity index (χ1n) is 6.90. The van der Waals surface area contributed by atoms with Crippen molar-refractivity contribution in [1.82, 2.24) is 4.90 Å². The maximum atomic E-state index is 12.5. The minimum Gasteiger partial charge on any atom is -0.299 e. The fourth-order valence-electron chi connectivity index (χ4n) is 3.25. The Morgan fingerprint density at radius 2 is 1.35 bits per heavy atom. The van der Waals surface area contributed by atoms with Gasteiger partial charge in [-0.3, -0.25) is 19.3 Å². The van der Waals surface area contributed by atoms with Gasteiger partial charge >= 0.3 is 0 Å². The van der Waals surface area contributed by atoms with Crippen LogP contribution < -0.4 is 0 Å². The smallest absolute Gasteiger partial charge is 0.254 e. The van der Waals surface area contributed by atoms with Crippen LogP contribution in [0.4, 0.5) is 0 Å². The molecule has 1 aliphatic rings. The van der Waals surface area contributed by atoms with Crippen LogP contribution in [0.25, 0.3) is 0 Å². The Morgan fingerprint density at radius 3 is 1.70 bits per heavy atom. The normalized spacial score (nSPS) is 17.1. The van der Waals surface area contributed by atoms with E-state index in [4.69, 9.17) is 0 Å². The van der Waals surface area contributed by atoms with Gasteiger partial charge in [-0.05, 0) is 20.3 Å². The third-order valence-corrected chi connectivity index (χ3v) is 3.59. The molecule has 0 aromatic carbocycles. The number of ketones is 1. The van der Waals surface area contributed by atoms with Gasteiger partial charge in [-0.25, -0.2) is 0 Å². The van der Waals surface area contributed by atoms with Crippen LogP contribution in [0, 0.1) is 10.8 Å². The molecule has 112 valence electrons. The van der Waals surface area contributed by atoms with Gasteiger partial charge < -0.3 is 0 Å². The largest absolute Gasteiger partial charge is 0.299 e. The number of Topliss-reactive ketones (excluding diaryl/α,β-unsaturated/α-hetero) is 1. The number of hydrogen-bond donors (Lipinski definition) is 0. The molecule has 0 unspecified atom stereocenters. The van der Waals surface area contributed by atoms with Crippen molar-refractivity contribution < 1.29 is 14.4 Å². The van der Waals surface area contributed by atoms with E-state index < -0.39 is 16.4 Å². The van der Waals surface area contributed by atoms with Crippen LogP contribution >= 0.6 is 0 Å². The van der Waals surface area contributed by atoms with Crippen molar-refractivity contribution in [3.63, 3.8) is 0 Å². The maximum Gasteiger partial charge on any atom is 0.254 e. The number of carbonyl (C=O) groups is 3. The molecular formula is C16H25NO3. The molecule has 20 heavy (non-hydrogen) atoms. The van der Waals surface area contributed by atoms with E-state index in [-0.39, 0.29) is 17.6 Å². The summed E-state index contributed by atoms with van der Waals surface area (Å²) in [7, 11) is 0. The summed E-state index contributed by atoms with van der Waals surface area (Å²) >= 11 is 0. The van der Waals surface area contributed by atoms with Crippen LogP contribution in [-0.2, 0) is 14.4 Å². The first-order chi connectivity index (χ1) is 8.79. The zero-order chi connectivity index (χ0) is 15.9. The Labute approximate surface area is 121 Å². The molecule has 0 aliphatic carbocycles. The highest BCUT2D eigenvalue weighted by molar-refractivity contribution is 6.13. The molecule has 1 aliphatic heterocycles. The first-order valence-corrected chi connectivity index (χ1v) is 6.90. The van der Waals surface area contributed by atoms with Gasteiger partial charge in [-0.15, -0.1) is 0 Å². The summed E-state index contributed by atoms with van der Waals surface area (Å²) < 4.78 is 0. The molecule has 2 amide bonds. The summed E-state index contributed by atoms with van der Waals surface area (Å²) in [4.78, 5) is 37.4. The van der Waals surface area contributed by atoms with E-state index in [9.17, 15) is 14.4 Å². The summed E-state index contributed by atoms with van der Waals surface area (Å²) in [6, 6.07) is 0. The van der Waals surface area contributed by atoms with E-state index in [1.807, 2.05) is 48.5 Å². The Morgan fingerprint density at radius 1 is 0.950 bits per heavy atom. The second-order valence-electron chi connectivity index (χ2n) is 7.80. The molecule has 0 N–H and O–H groups in total. The number of imide groups is 1. The molecule has 0 aromatic rings. The third-order valence-electron chi connectivity index (χ3n) is 3.59. The zero-order valence-corrected chi connectivity index (χ0v) is 13.5. The van der Waals surface area contributed by atoms with Crippen LogP contribution in [0.2, 0.25) is 0 Å². The Kier molecular flexibility index (Phi) is 4.01. The van der Waals surface area contributed by atoms with Crippen molar-refractivity contribution in [3.8, 4) is 0 Å². The average molecular weight is 279 g/mol. The maximum absolute atomic E-state index is 12.5. The van der Waals surface area contributed by atoms with Gasteiger partial charge in [0.1, 0.15) is 5.78 Å². The fourth-order valence-corrected chi connectivity index (χ4v) is 3.25. The van der Waals surface area contributed by atoms with Crippen molar-refractivity contribution in [1.29, 1.82) is 0 Å². The SMILES string of the molecule is CC(C)(C)C(=O)C(C)(C)CC(C)(C)N1C(=O)C=CC1=O. The molecular weight excluding hydrogens is 254 g/mol. The monoisotopic (exact) mass is 279 g/mol. The Balaban J connectivity index is 2.99. The molecule has 0 spiro atoms. The molecule has 0 aromatic heterocycles. The summed E-state index contributed by atoms with van der Waals surface area (Å²) in [5.74, 6) is -0.483. The van der Waals surface area contributed by atoms with Gasteiger partial charge in [0.05, 0.1) is 0 Å². The second kappa shape index (κ2) is 4.83. The van der Waals surface area contributed by atoms with Crippen molar-refractivity contribution >= 4 is 17.6 Å². The summed E-state index contributed by atoms with van der Waals surface area (Å²) in [6.07, 6.45) is 3.00. The van der Waals surface area contributed by atoms with Gasteiger partial charge in [0.25, 0.3) is 11.8 Å². The number of rotatable bonds is 4. The molecule has 1 heterocycles. The van der Waals surface area contributed by atoms with Gasteiger partial charge in [0.2, 0.25) is 0 Å². The molecule has 4 heteroatoms. The highest BCUT2D eigenvalue weighted by Crippen LogP contribution is 2.38. The predicted octanol–water partition coefficient (Wildman–Crippen LogP) is 2.72. The standard InChI is InChI=1S/C16H25NO3/c1-14(2,3)13(20)15(4,5)10-16(6,7)17-11(18)8-9-12(17)19/h8-9H,10H2,1-7H3.